The fourth-order valence-electron chi connectivity index (χ4n) is 6.53. The number of benzene rings is 2. The molecule has 2 aromatic carbocycles. The Morgan fingerprint density at radius 3 is 2.25 bits per heavy atom. The Hall–Kier alpha value is -4.51. The zero-order valence-electron chi connectivity index (χ0n) is 29.0. The van der Waals surface area contributed by atoms with Crippen LogP contribution in [0.2, 0.25) is 0 Å². The number of fused-ring (bicyclic) bond motifs is 1. The van der Waals surface area contributed by atoms with Crippen LogP contribution >= 0.6 is 22.7 Å². The fourth-order valence-corrected chi connectivity index (χ4v) is 8.25. The molecule has 11 nitrogen and oxygen atoms in total. The summed E-state index contributed by atoms with van der Waals surface area (Å²) in [7, 11) is 2.01. The molecule has 284 valence electrons. The number of nitrogens with zero attached hydrogens (tertiary/aromatic N) is 1. The number of ether oxygens (including phenoxy) is 1. The number of aromatic hydroxyl groups is 1. The van der Waals surface area contributed by atoms with Crippen LogP contribution in [0.3, 0.4) is 0 Å². The summed E-state index contributed by atoms with van der Waals surface area (Å²) in [4.78, 5) is 43.7. The Balaban J connectivity index is 0.00000314. The van der Waals surface area contributed by atoms with Crippen LogP contribution in [-0.2, 0) is 26.5 Å². The molecule has 1 aliphatic carbocycles. The molecule has 3 aromatic heterocycles. The highest BCUT2D eigenvalue weighted by Gasteiger charge is 2.45. The number of phenols is 1. The Bertz CT molecular complexity index is 1950. The van der Waals surface area contributed by atoms with Crippen molar-refractivity contribution in [1.29, 1.82) is 0 Å². The molecule has 6 rings (SSSR count). The molecule has 0 saturated heterocycles. The van der Waals surface area contributed by atoms with Gasteiger partial charge < -0.3 is 40.6 Å². The van der Waals surface area contributed by atoms with E-state index in [9.17, 15) is 29.7 Å². The first-order chi connectivity index (χ1) is 24.6. The second kappa shape index (κ2) is 18.5. The number of carbonyl (C=O) groups is 2. The third kappa shape index (κ3) is 9.73. The molecule has 1 aliphatic rings. The van der Waals surface area contributed by atoms with E-state index in [0.717, 1.165) is 18.4 Å². The zero-order chi connectivity index (χ0) is 36.0. The highest BCUT2D eigenvalue weighted by molar-refractivity contribution is 7.12. The van der Waals surface area contributed by atoms with Gasteiger partial charge in [0.2, 0.25) is 17.1 Å². The standard InChI is InChI=1S/C38H42N4O7S2.2FH/c1-42(26-10-12-27(13-11-26)49-37(47)38(48,32-4-2-20-50-32)33-5-3-21-51-33)19-18-35(46)40-25-8-6-24(7-9-25)22-39-23-31(44)28-14-16-30(43)36-29(28)15-17-34(45)41-36;;/h2-9,14-17,20-21,26-27,31,39,43-44,48H,10-13,18-19,22-23H2,1H3,(H,40,46)(H,41,45);2*1H/t26?,27?,31-;;/m0../s1. The lowest BCUT2D eigenvalue weighted by atomic mass is 9.91. The van der Waals surface area contributed by atoms with Crippen LogP contribution < -0.4 is 16.2 Å². The molecule has 5 aromatic rings. The summed E-state index contributed by atoms with van der Waals surface area (Å²) in [6, 6.07) is 21.0. The molecular weight excluding hydrogens is 727 g/mol. The van der Waals surface area contributed by atoms with Crippen LogP contribution in [0.25, 0.3) is 10.9 Å². The van der Waals surface area contributed by atoms with Gasteiger partial charge in [0.15, 0.2) is 0 Å². The molecule has 3 heterocycles. The molecule has 1 atom stereocenters. The number of esters is 1. The zero-order valence-corrected chi connectivity index (χ0v) is 30.7. The van der Waals surface area contributed by atoms with Crippen LogP contribution in [0, 0.1) is 0 Å². The van der Waals surface area contributed by atoms with Crippen LogP contribution in [0.4, 0.5) is 15.1 Å². The predicted molar refractivity (Wildman–Crippen MR) is 204 cm³/mol. The lowest BCUT2D eigenvalue weighted by Gasteiger charge is -2.35. The monoisotopic (exact) mass is 770 g/mol. The molecule has 53 heavy (non-hydrogen) atoms. The summed E-state index contributed by atoms with van der Waals surface area (Å²) in [6.07, 6.45) is 2.23. The average molecular weight is 771 g/mol. The third-order valence-corrected chi connectivity index (χ3v) is 11.4. The first-order valence-corrected chi connectivity index (χ1v) is 18.7. The SMILES string of the molecule is CN(CCC(=O)Nc1ccc(CNC[C@H](O)c2ccc(O)c3[nH]c(=O)ccc23)cc1)C1CCC(OC(=O)C(O)(c2cccs2)c2cccs2)CC1.F.F. The van der Waals surface area contributed by atoms with Gasteiger partial charge in [0.05, 0.1) is 21.4 Å². The van der Waals surface area contributed by atoms with Gasteiger partial charge in [-0.3, -0.25) is 19.0 Å². The van der Waals surface area contributed by atoms with Crippen LogP contribution in [-0.4, -0.2) is 69.4 Å². The van der Waals surface area contributed by atoms with Gasteiger partial charge in [0.25, 0.3) is 0 Å². The van der Waals surface area contributed by atoms with Gasteiger partial charge in [-0.1, -0.05) is 30.3 Å². The van der Waals surface area contributed by atoms with Crippen molar-refractivity contribution in [1.82, 2.24) is 15.2 Å². The maximum absolute atomic E-state index is 13.3. The smallest absolute Gasteiger partial charge is 0.349 e. The van der Waals surface area contributed by atoms with E-state index in [1.165, 1.54) is 34.8 Å². The minimum atomic E-state index is -1.80. The normalized spacial score (nSPS) is 16.4. The van der Waals surface area contributed by atoms with E-state index in [-0.39, 0.29) is 45.3 Å². The number of rotatable bonds is 14. The largest absolute Gasteiger partial charge is 0.506 e. The number of aromatic nitrogens is 1. The Kier molecular flexibility index (Phi) is 14.4. The summed E-state index contributed by atoms with van der Waals surface area (Å²) in [6.45, 7) is 1.34. The van der Waals surface area contributed by atoms with Gasteiger partial charge in [-0.05, 0) is 91.0 Å². The number of halogens is 2. The minimum Gasteiger partial charge on any atom is -0.506 e. The van der Waals surface area contributed by atoms with Gasteiger partial charge in [0.1, 0.15) is 11.9 Å². The van der Waals surface area contributed by atoms with E-state index in [1.54, 1.807) is 24.3 Å². The molecule has 1 amide bonds. The number of H-pyrrole nitrogens is 1. The Morgan fingerprint density at radius 1 is 0.962 bits per heavy atom. The van der Waals surface area contributed by atoms with Gasteiger partial charge in [0, 0.05) is 49.2 Å². The number of pyridine rings is 1. The number of phenolic OH excluding ortho intramolecular Hbond substituents is 1. The number of hydrogen-bond donors (Lipinski definition) is 6. The van der Waals surface area contributed by atoms with Crippen molar-refractivity contribution < 1.29 is 39.1 Å². The van der Waals surface area contributed by atoms with Crippen molar-refractivity contribution >= 4 is 51.1 Å². The molecule has 1 saturated carbocycles. The Labute approximate surface area is 313 Å². The van der Waals surface area contributed by atoms with Crippen LogP contribution in [0.15, 0.2) is 88.4 Å². The summed E-state index contributed by atoms with van der Waals surface area (Å²) >= 11 is 2.66. The summed E-state index contributed by atoms with van der Waals surface area (Å²) in [5.41, 5.74) is 0.425. The number of thiophene rings is 2. The molecule has 0 bridgehead atoms. The molecule has 6 N–H and O–H groups in total. The average Bonchev–Trinajstić information content (AvgIpc) is 3.88. The first-order valence-electron chi connectivity index (χ1n) is 17.0. The molecule has 0 radical (unpaired) electrons. The van der Waals surface area contributed by atoms with Crippen LogP contribution in [0.5, 0.6) is 5.75 Å². The van der Waals surface area contributed by atoms with Gasteiger partial charge in [-0.25, -0.2) is 4.79 Å². The van der Waals surface area contributed by atoms with E-state index < -0.39 is 17.7 Å². The maximum Gasteiger partial charge on any atom is 0.349 e. The molecule has 15 heteroatoms. The molecule has 0 unspecified atom stereocenters. The number of nitrogens with one attached hydrogen (secondary N) is 3. The molecule has 1 fully saturated rings. The van der Waals surface area contributed by atoms with E-state index in [1.807, 2.05) is 54.2 Å². The van der Waals surface area contributed by atoms with Crippen molar-refractivity contribution in [3.63, 3.8) is 0 Å². The van der Waals surface area contributed by atoms with E-state index >= 15 is 0 Å². The van der Waals surface area contributed by atoms with E-state index in [2.05, 4.69) is 20.5 Å². The number of anilines is 1. The first kappa shape index (κ1) is 41.2. The Morgan fingerprint density at radius 2 is 1.62 bits per heavy atom. The van der Waals surface area contributed by atoms with Gasteiger partial charge in [-0.15, -0.1) is 22.7 Å². The lowest BCUT2D eigenvalue weighted by molar-refractivity contribution is -0.169. The third-order valence-electron chi connectivity index (χ3n) is 9.45. The number of aliphatic hydroxyl groups excluding tert-OH is 1. The number of amides is 1. The minimum absolute atomic E-state index is 0. The van der Waals surface area contributed by atoms with Crippen LogP contribution in [0.1, 0.15) is 59.1 Å². The number of aliphatic hydroxyl groups is 2. The van der Waals surface area contributed by atoms with Crippen molar-refractivity contribution in [3.8, 4) is 5.75 Å². The van der Waals surface area contributed by atoms with Crippen molar-refractivity contribution in [2.24, 2.45) is 0 Å². The van der Waals surface area contributed by atoms with E-state index in [0.29, 0.717) is 64.3 Å². The van der Waals surface area contributed by atoms with E-state index in [4.69, 9.17) is 4.74 Å². The number of hydrogen-bond acceptors (Lipinski definition) is 11. The van der Waals surface area contributed by atoms with Crippen molar-refractivity contribution in [2.45, 2.75) is 62.5 Å². The van der Waals surface area contributed by atoms with Crippen molar-refractivity contribution in [2.75, 3.05) is 25.5 Å². The highest BCUT2D eigenvalue weighted by atomic mass is 32.1. The number of carbonyl (C=O) groups excluding carboxylic acids is 2. The molecule has 0 spiro atoms. The maximum atomic E-state index is 13.3. The number of aromatic amines is 1. The topological polar surface area (TPSA) is 164 Å². The second-order valence-corrected chi connectivity index (χ2v) is 14.8. The summed E-state index contributed by atoms with van der Waals surface area (Å²) in [5.74, 6) is -0.771. The predicted octanol–water partition coefficient (Wildman–Crippen LogP) is 5.54. The molecular formula is C38H44F2N4O7S2. The quantitative estimate of drug-likeness (QED) is 0.0797. The highest BCUT2D eigenvalue weighted by Crippen LogP contribution is 2.38. The van der Waals surface area contributed by atoms with Gasteiger partial charge in [-0.2, -0.15) is 0 Å². The lowest BCUT2D eigenvalue weighted by Crippen LogP contribution is -2.42. The molecule has 0 aliphatic heterocycles. The van der Waals surface area contributed by atoms with Gasteiger partial charge >= 0.3 is 5.97 Å². The summed E-state index contributed by atoms with van der Waals surface area (Å²) < 4.78 is 5.89. The fraction of sp³-hybridized carbons (Fsp3) is 0.342. The summed E-state index contributed by atoms with van der Waals surface area (Å²) in [5, 5.41) is 42.8. The second-order valence-electron chi connectivity index (χ2n) is 12.9. The van der Waals surface area contributed by atoms with Crippen molar-refractivity contribution in [3.05, 3.63) is 115 Å².